The fraction of sp³-hybridized carbons (Fsp3) is 0.150. The third kappa shape index (κ3) is 8.79. The fourth-order valence-electron chi connectivity index (χ4n) is 13.8. The summed E-state index contributed by atoms with van der Waals surface area (Å²) in [6.07, 6.45) is 0. The second-order valence-electron chi connectivity index (χ2n) is 23.7. The van der Waals surface area contributed by atoms with E-state index < -0.39 is 0 Å². The maximum Gasteiger partial charge on any atom is -0.00255 e. The molecule has 0 aromatic heterocycles. The van der Waals surface area contributed by atoms with E-state index in [1.165, 1.54) is 199 Å². The molecule has 0 bridgehead atoms. The highest BCUT2D eigenvalue weighted by Crippen LogP contribution is 2.49. The Morgan fingerprint density at radius 3 is 0.512 bits per heavy atom. The minimum absolute atomic E-state index is 1.25. The summed E-state index contributed by atoms with van der Waals surface area (Å²) in [4.78, 5) is 0. The summed E-state index contributed by atoms with van der Waals surface area (Å²) in [5.41, 5.74) is 35.5. The molecule has 0 aliphatic rings. The van der Waals surface area contributed by atoms with Gasteiger partial charge in [0.2, 0.25) is 0 Å². The van der Waals surface area contributed by atoms with Crippen molar-refractivity contribution in [3.05, 3.63) is 261 Å². The van der Waals surface area contributed by atoms with Gasteiger partial charge in [-0.05, 0) is 308 Å². The Hall–Kier alpha value is -8.84. The maximum absolute atomic E-state index is 2.53. The third-order valence-corrected chi connectivity index (χ3v) is 17.5. The average Bonchev–Trinajstić information content (AvgIpc) is 3.61. The van der Waals surface area contributed by atoms with Crippen molar-refractivity contribution in [2.75, 3.05) is 0 Å². The molecule has 0 heterocycles. The van der Waals surface area contributed by atoms with Crippen LogP contribution in [0.1, 0.15) is 66.8 Å². The zero-order valence-corrected chi connectivity index (χ0v) is 48.5. The van der Waals surface area contributed by atoms with Gasteiger partial charge in [0.05, 0.1) is 0 Å². The van der Waals surface area contributed by atoms with Crippen LogP contribution in [0, 0.1) is 83.1 Å². The maximum atomic E-state index is 2.53. The SMILES string of the molecule is Cc1ccc(-c2cc(C)c(-c3cc4cc(-c5c(C)cc(-c6ccc(C)cc6)cc5C)cc5c6cc(-c7c(C)cc(-c8ccc(C)cc8)cc7C)cc7cc(-c8c(C)cc(-c9ccc(C)cc9)cc8C)cc(c(c3)c45)c76)c(C)c2)cc1. The highest BCUT2D eigenvalue weighted by Gasteiger charge is 2.23. The summed E-state index contributed by atoms with van der Waals surface area (Å²) in [6, 6.07) is 75.1. The van der Waals surface area contributed by atoms with Crippen LogP contribution in [-0.4, -0.2) is 0 Å². The standard InChI is InChI=1S/C80H68/c1-45-13-21-57(22-14-45)61-29-49(5)75(50(6)30-61)67-37-65-38-68(76-51(7)31-62(32-52(76)8)58-23-15-46(2)16-24-58)43-73-74-44-70(78-55(11)35-64(36-56(78)12)60-27-19-48(4)20-28-60)40-66-39-69(42-72(80(66)74)71(41-67)79(65)73)77-53(9)33-63(34-54(77)10)59-25-17-47(3)18-26-59/h13-44H,1-12H3. The molecule has 388 valence electrons. The van der Waals surface area contributed by atoms with Crippen molar-refractivity contribution in [3.63, 3.8) is 0 Å². The normalized spacial score (nSPS) is 11.8. The van der Waals surface area contributed by atoms with Gasteiger partial charge in [-0.1, -0.05) is 168 Å². The van der Waals surface area contributed by atoms with Crippen LogP contribution in [0.2, 0.25) is 0 Å². The molecule has 80 heavy (non-hydrogen) atoms. The van der Waals surface area contributed by atoms with Crippen LogP contribution in [-0.2, 0) is 0 Å². The van der Waals surface area contributed by atoms with Gasteiger partial charge < -0.3 is 0 Å². The van der Waals surface area contributed by atoms with E-state index in [0.717, 1.165) is 0 Å². The van der Waals surface area contributed by atoms with E-state index >= 15 is 0 Å². The molecule has 0 unspecified atom stereocenters. The molecule has 0 radical (unpaired) electrons. The molecule has 0 amide bonds. The Balaban J connectivity index is 1.12. The van der Waals surface area contributed by atoms with Crippen LogP contribution >= 0.6 is 0 Å². The van der Waals surface area contributed by atoms with Crippen molar-refractivity contribution >= 4 is 43.1 Å². The number of hydrogen-bond donors (Lipinski definition) is 0. The first-order valence-electron chi connectivity index (χ1n) is 28.5. The highest BCUT2D eigenvalue weighted by atomic mass is 14.3. The van der Waals surface area contributed by atoms with Crippen molar-refractivity contribution in [1.29, 1.82) is 0 Å². The van der Waals surface area contributed by atoms with Gasteiger partial charge in [-0.25, -0.2) is 0 Å². The molecular formula is C80H68. The van der Waals surface area contributed by atoms with Gasteiger partial charge in [0, 0.05) is 0 Å². The van der Waals surface area contributed by atoms with Gasteiger partial charge in [0.1, 0.15) is 0 Å². The molecule has 0 atom stereocenters. The number of aryl methyl sites for hydroxylation is 12. The van der Waals surface area contributed by atoms with Crippen molar-refractivity contribution in [3.8, 4) is 89.0 Å². The van der Waals surface area contributed by atoms with Gasteiger partial charge >= 0.3 is 0 Å². The van der Waals surface area contributed by atoms with E-state index in [1.54, 1.807) is 0 Å². The van der Waals surface area contributed by atoms with Crippen LogP contribution in [0.4, 0.5) is 0 Å². The highest BCUT2D eigenvalue weighted by molar-refractivity contribution is 6.35. The molecule has 13 rings (SSSR count). The lowest BCUT2D eigenvalue weighted by molar-refractivity contribution is 1.37. The minimum atomic E-state index is 1.25. The lowest BCUT2D eigenvalue weighted by atomic mass is 9.81. The van der Waals surface area contributed by atoms with Gasteiger partial charge in [-0.3, -0.25) is 0 Å². The number of rotatable bonds is 8. The van der Waals surface area contributed by atoms with Crippen LogP contribution in [0.15, 0.2) is 194 Å². The van der Waals surface area contributed by atoms with E-state index in [4.69, 9.17) is 0 Å². The Bertz CT molecular complexity index is 3950. The molecule has 0 saturated heterocycles. The molecule has 0 saturated carbocycles. The quantitative estimate of drug-likeness (QED) is 0.105. The fourth-order valence-corrected chi connectivity index (χ4v) is 13.8. The lowest BCUT2D eigenvalue weighted by Crippen LogP contribution is -1.97. The average molecular weight is 1030 g/mol. The lowest BCUT2D eigenvalue weighted by Gasteiger charge is -2.23. The second kappa shape index (κ2) is 19.5. The van der Waals surface area contributed by atoms with E-state index in [9.17, 15) is 0 Å². The van der Waals surface area contributed by atoms with Gasteiger partial charge in [0.25, 0.3) is 0 Å². The molecule has 0 heteroatoms. The number of hydrogen-bond acceptors (Lipinski definition) is 0. The number of fused-ring (bicyclic) bond motifs is 2. The molecule has 0 spiro atoms. The van der Waals surface area contributed by atoms with Gasteiger partial charge in [-0.15, -0.1) is 0 Å². The summed E-state index contributed by atoms with van der Waals surface area (Å²) in [5, 5.41) is 10.3. The van der Waals surface area contributed by atoms with Crippen molar-refractivity contribution < 1.29 is 0 Å². The second-order valence-corrected chi connectivity index (χ2v) is 23.7. The molecule has 0 aliphatic heterocycles. The first kappa shape index (κ1) is 50.7. The van der Waals surface area contributed by atoms with Crippen LogP contribution in [0.3, 0.4) is 0 Å². The third-order valence-electron chi connectivity index (χ3n) is 17.5. The summed E-state index contributed by atoms with van der Waals surface area (Å²) in [6.45, 7) is 27.1. The molecule has 13 aromatic carbocycles. The van der Waals surface area contributed by atoms with E-state index in [1.807, 2.05) is 0 Å². The molecule has 0 fully saturated rings. The minimum Gasteiger partial charge on any atom is -0.0587 e. The predicted molar refractivity (Wildman–Crippen MR) is 348 cm³/mol. The first-order valence-corrected chi connectivity index (χ1v) is 28.5. The van der Waals surface area contributed by atoms with Gasteiger partial charge in [-0.2, -0.15) is 0 Å². The Morgan fingerprint density at radius 2 is 0.338 bits per heavy atom. The smallest absolute Gasteiger partial charge is 0.00255 e. The van der Waals surface area contributed by atoms with Crippen LogP contribution < -0.4 is 0 Å². The summed E-state index contributed by atoms with van der Waals surface area (Å²) in [7, 11) is 0. The van der Waals surface area contributed by atoms with Crippen molar-refractivity contribution in [2.24, 2.45) is 0 Å². The van der Waals surface area contributed by atoms with E-state index in [0.29, 0.717) is 0 Å². The molecule has 0 N–H and O–H groups in total. The summed E-state index contributed by atoms with van der Waals surface area (Å²) < 4.78 is 0. The topological polar surface area (TPSA) is 0 Å². The number of benzene rings is 13. The predicted octanol–water partition coefficient (Wildman–Crippen LogP) is 22.8. The Morgan fingerprint density at radius 1 is 0.163 bits per heavy atom. The van der Waals surface area contributed by atoms with Crippen molar-refractivity contribution in [1.82, 2.24) is 0 Å². The Kier molecular flexibility index (Phi) is 12.4. The molecule has 0 aliphatic carbocycles. The summed E-state index contributed by atoms with van der Waals surface area (Å²) >= 11 is 0. The summed E-state index contributed by atoms with van der Waals surface area (Å²) in [5.74, 6) is 0. The van der Waals surface area contributed by atoms with Crippen LogP contribution in [0.25, 0.3) is 132 Å². The van der Waals surface area contributed by atoms with Crippen LogP contribution in [0.5, 0.6) is 0 Å². The van der Waals surface area contributed by atoms with Crippen molar-refractivity contribution in [2.45, 2.75) is 83.1 Å². The Labute approximate surface area is 473 Å². The molecular weight excluding hydrogens is 961 g/mol. The zero-order valence-electron chi connectivity index (χ0n) is 48.5. The molecule has 0 nitrogen and oxygen atoms in total. The largest absolute Gasteiger partial charge is 0.0587 e. The zero-order chi connectivity index (χ0) is 55.4. The van der Waals surface area contributed by atoms with E-state index in [-0.39, 0.29) is 0 Å². The monoisotopic (exact) mass is 1030 g/mol. The molecule has 13 aromatic rings. The van der Waals surface area contributed by atoms with Gasteiger partial charge in [0.15, 0.2) is 0 Å². The van der Waals surface area contributed by atoms with E-state index in [2.05, 4.69) is 277 Å². The first-order chi connectivity index (χ1) is 38.5.